The van der Waals surface area contributed by atoms with E-state index in [4.69, 9.17) is 24.2 Å². The number of allylic oxidation sites excluding steroid dienone is 4. The fourth-order valence-electron chi connectivity index (χ4n) is 3.03. The third-order valence-corrected chi connectivity index (χ3v) is 6.96. The highest BCUT2D eigenvalue weighted by molar-refractivity contribution is 7.14. The number of carbonyl (C=O) groups excluding carboxylic acids is 1. The Morgan fingerprint density at radius 2 is 1.68 bits per heavy atom. The second kappa shape index (κ2) is 14.0. The van der Waals surface area contributed by atoms with Crippen molar-refractivity contribution in [1.82, 2.24) is 9.97 Å². The Morgan fingerprint density at radius 3 is 2.32 bits per heavy atom. The van der Waals surface area contributed by atoms with Crippen LogP contribution in [0.4, 0.5) is 0 Å². The van der Waals surface area contributed by atoms with Crippen molar-refractivity contribution in [2.45, 2.75) is 39.7 Å². The molecule has 0 fully saturated rings. The van der Waals surface area contributed by atoms with Gasteiger partial charge in [-0.2, -0.15) is 0 Å². The summed E-state index contributed by atoms with van der Waals surface area (Å²) in [5, 5.41) is 5.99. The van der Waals surface area contributed by atoms with Crippen LogP contribution < -0.4 is 0 Å². The zero-order valence-electron chi connectivity index (χ0n) is 20.8. The van der Waals surface area contributed by atoms with E-state index >= 15 is 0 Å². The van der Waals surface area contributed by atoms with Crippen LogP contribution in [0.5, 0.6) is 0 Å². The molecule has 0 spiro atoms. The SMILES string of the molecule is COC(=O)C=C(OC)C(C)C(C=Cc1csc(-c2csc(C(C)C=CC=CC(C)C)n2)n1)OC. The molecule has 2 heterocycles. The van der Waals surface area contributed by atoms with Crippen LogP contribution >= 0.6 is 22.7 Å². The van der Waals surface area contributed by atoms with E-state index in [2.05, 4.69) is 50.5 Å². The first kappa shape index (κ1) is 27.7. The molecule has 0 aliphatic heterocycles. The summed E-state index contributed by atoms with van der Waals surface area (Å²) < 4.78 is 15.7. The molecule has 2 aromatic heterocycles. The van der Waals surface area contributed by atoms with Gasteiger partial charge in [0, 0.05) is 29.7 Å². The van der Waals surface area contributed by atoms with E-state index in [1.807, 2.05) is 24.5 Å². The Kier molecular flexibility index (Phi) is 11.4. The normalized spacial score (nSPS) is 15.5. The highest BCUT2D eigenvalue weighted by Gasteiger charge is 2.21. The number of rotatable bonds is 12. The van der Waals surface area contributed by atoms with Crippen molar-refractivity contribution < 1.29 is 19.0 Å². The molecule has 2 aromatic rings. The number of thiazole rings is 2. The van der Waals surface area contributed by atoms with E-state index in [1.54, 1.807) is 29.8 Å². The molecular weight excluding hydrogens is 468 g/mol. The van der Waals surface area contributed by atoms with Crippen molar-refractivity contribution in [2.24, 2.45) is 11.8 Å². The number of nitrogens with zero attached hydrogens (tertiary/aromatic N) is 2. The minimum atomic E-state index is -0.467. The summed E-state index contributed by atoms with van der Waals surface area (Å²) in [6.07, 6.45) is 13.4. The maximum absolute atomic E-state index is 11.6. The highest BCUT2D eigenvalue weighted by atomic mass is 32.1. The zero-order valence-corrected chi connectivity index (χ0v) is 22.5. The Labute approximate surface area is 210 Å². The van der Waals surface area contributed by atoms with Crippen LogP contribution in [0.3, 0.4) is 0 Å². The quantitative estimate of drug-likeness (QED) is 0.143. The molecular formula is C26H34N2O4S2. The first-order valence-electron chi connectivity index (χ1n) is 11.1. The largest absolute Gasteiger partial charge is 0.500 e. The molecule has 0 aromatic carbocycles. The summed E-state index contributed by atoms with van der Waals surface area (Å²) in [6, 6.07) is 0. The molecule has 0 saturated heterocycles. The molecule has 8 heteroatoms. The predicted octanol–water partition coefficient (Wildman–Crippen LogP) is 6.51. The van der Waals surface area contributed by atoms with Crippen molar-refractivity contribution >= 4 is 34.7 Å². The van der Waals surface area contributed by atoms with E-state index in [0.29, 0.717) is 11.7 Å². The second-order valence-corrected chi connectivity index (χ2v) is 9.82. The number of ether oxygens (including phenoxy) is 3. The molecule has 2 rings (SSSR count). The molecule has 0 saturated carbocycles. The predicted molar refractivity (Wildman–Crippen MR) is 141 cm³/mol. The average molecular weight is 503 g/mol. The summed E-state index contributed by atoms with van der Waals surface area (Å²) in [4.78, 5) is 21.1. The fourth-order valence-corrected chi connectivity index (χ4v) is 4.69. The van der Waals surface area contributed by atoms with E-state index in [9.17, 15) is 4.79 Å². The number of carbonyl (C=O) groups is 1. The van der Waals surface area contributed by atoms with Crippen LogP contribution in [-0.2, 0) is 19.0 Å². The number of methoxy groups -OCH3 is 3. The van der Waals surface area contributed by atoms with E-state index in [0.717, 1.165) is 21.4 Å². The molecule has 3 atom stereocenters. The van der Waals surface area contributed by atoms with Gasteiger partial charge in [-0.3, -0.25) is 0 Å². The summed E-state index contributed by atoms with van der Waals surface area (Å²) in [7, 11) is 4.47. The van der Waals surface area contributed by atoms with Crippen LogP contribution in [-0.4, -0.2) is 43.4 Å². The van der Waals surface area contributed by atoms with Crippen LogP contribution in [0, 0.1) is 11.8 Å². The number of hydrogen-bond acceptors (Lipinski definition) is 8. The first-order valence-corrected chi connectivity index (χ1v) is 12.9. The topological polar surface area (TPSA) is 70.5 Å². The lowest BCUT2D eigenvalue weighted by molar-refractivity contribution is -0.135. The monoisotopic (exact) mass is 502 g/mol. The summed E-state index contributed by atoms with van der Waals surface area (Å²) in [5.74, 6) is 0.618. The molecule has 0 radical (unpaired) electrons. The van der Waals surface area contributed by atoms with Crippen LogP contribution in [0.15, 0.2) is 53.0 Å². The third-order valence-electron chi connectivity index (χ3n) is 5.03. The molecule has 0 N–H and O–H groups in total. The molecule has 34 heavy (non-hydrogen) atoms. The van der Waals surface area contributed by atoms with Crippen molar-refractivity contribution in [3.63, 3.8) is 0 Å². The number of hydrogen-bond donors (Lipinski definition) is 0. The standard InChI is InChI=1S/C26H34N2O4S2/c1-17(2)10-8-9-11-18(3)25-28-21(16-34-25)26-27-20(15-33-26)12-13-22(30-5)19(4)23(31-6)14-24(29)32-7/h8-19,22H,1-7H3. The van der Waals surface area contributed by atoms with Gasteiger partial charge >= 0.3 is 5.97 Å². The molecule has 6 nitrogen and oxygen atoms in total. The minimum Gasteiger partial charge on any atom is -0.500 e. The average Bonchev–Trinajstić information content (AvgIpc) is 3.50. The molecule has 3 unspecified atom stereocenters. The van der Waals surface area contributed by atoms with Gasteiger partial charge in [-0.25, -0.2) is 14.8 Å². The summed E-state index contributed by atoms with van der Waals surface area (Å²) in [6.45, 7) is 8.39. The summed E-state index contributed by atoms with van der Waals surface area (Å²) in [5.41, 5.74) is 1.72. The van der Waals surface area contributed by atoms with Crippen molar-refractivity contribution in [3.05, 3.63) is 63.7 Å². The van der Waals surface area contributed by atoms with Crippen LogP contribution in [0.25, 0.3) is 16.8 Å². The number of esters is 1. The van der Waals surface area contributed by atoms with Gasteiger partial charge in [-0.05, 0) is 12.0 Å². The lowest BCUT2D eigenvalue weighted by atomic mass is 10.0. The Balaban J connectivity index is 2.09. The smallest absolute Gasteiger partial charge is 0.333 e. The lowest BCUT2D eigenvalue weighted by Crippen LogP contribution is -2.21. The van der Waals surface area contributed by atoms with Crippen molar-refractivity contribution in [2.75, 3.05) is 21.3 Å². The second-order valence-electron chi connectivity index (χ2n) is 8.07. The summed E-state index contributed by atoms with van der Waals surface area (Å²) >= 11 is 3.21. The van der Waals surface area contributed by atoms with Crippen molar-refractivity contribution in [3.8, 4) is 10.7 Å². The van der Waals surface area contributed by atoms with Gasteiger partial charge in [0.1, 0.15) is 16.5 Å². The van der Waals surface area contributed by atoms with Gasteiger partial charge in [0.2, 0.25) is 0 Å². The van der Waals surface area contributed by atoms with Gasteiger partial charge in [-0.1, -0.05) is 58.1 Å². The van der Waals surface area contributed by atoms with Crippen LogP contribution in [0.2, 0.25) is 0 Å². The highest BCUT2D eigenvalue weighted by Crippen LogP contribution is 2.30. The van der Waals surface area contributed by atoms with Crippen molar-refractivity contribution in [1.29, 1.82) is 0 Å². The fraction of sp³-hybridized carbons (Fsp3) is 0.423. The molecule has 0 bridgehead atoms. The van der Waals surface area contributed by atoms with E-state index in [1.165, 1.54) is 20.3 Å². The lowest BCUT2D eigenvalue weighted by Gasteiger charge is -2.21. The minimum absolute atomic E-state index is 0.186. The number of aromatic nitrogens is 2. The maximum atomic E-state index is 11.6. The van der Waals surface area contributed by atoms with Gasteiger partial charge in [-0.15, -0.1) is 22.7 Å². The van der Waals surface area contributed by atoms with Gasteiger partial charge < -0.3 is 14.2 Å². The Bertz CT molecular complexity index is 1030. The van der Waals surface area contributed by atoms with Gasteiger partial charge in [0.05, 0.1) is 37.1 Å². The van der Waals surface area contributed by atoms with Crippen LogP contribution in [0.1, 0.15) is 44.3 Å². The third kappa shape index (κ3) is 8.34. The molecule has 0 amide bonds. The Morgan fingerprint density at radius 1 is 0.941 bits per heavy atom. The van der Waals surface area contributed by atoms with Gasteiger partial charge in [0.15, 0.2) is 0 Å². The first-order chi connectivity index (χ1) is 16.3. The Hall–Kier alpha value is -2.55. The zero-order chi connectivity index (χ0) is 25.1. The van der Waals surface area contributed by atoms with E-state index in [-0.39, 0.29) is 17.9 Å². The van der Waals surface area contributed by atoms with E-state index < -0.39 is 5.97 Å². The van der Waals surface area contributed by atoms with Gasteiger partial charge in [0.25, 0.3) is 0 Å². The molecule has 0 aliphatic rings. The molecule has 184 valence electrons. The molecule has 0 aliphatic carbocycles. The maximum Gasteiger partial charge on any atom is 0.333 e.